The van der Waals surface area contributed by atoms with Crippen LogP contribution >= 0.6 is 40.0 Å². The van der Waals surface area contributed by atoms with E-state index in [0.717, 1.165) is 16.8 Å². The third kappa shape index (κ3) is 2.91. The number of fused-ring (bicyclic) bond motifs is 1. The maximum atomic E-state index is 5.88. The van der Waals surface area contributed by atoms with E-state index in [1.54, 1.807) is 6.20 Å². The molecule has 0 saturated carbocycles. The van der Waals surface area contributed by atoms with Crippen LogP contribution in [0.3, 0.4) is 0 Å². The first-order valence-electron chi connectivity index (χ1n) is 6.48. The Hall–Kier alpha value is -0.780. The summed E-state index contributed by atoms with van der Waals surface area (Å²) in [4.78, 5) is 8.21. The maximum absolute atomic E-state index is 5.88. The van der Waals surface area contributed by atoms with Crippen molar-refractivity contribution in [1.29, 1.82) is 0 Å². The van der Waals surface area contributed by atoms with Crippen molar-refractivity contribution in [3.8, 4) is 11.3 Å². The van der Waals surface area contributed by atoms with E-state index >= 15 is 0 Å². The highest BCUT2D eigenvalue weighted by Crippen LogP contribution is 2.35. The van der Waals surface area contributed by atoms with Crippen molar-refractivity contribution in [2.24, 2.45) is 0 Å². The molecular weight excluding hydrogens is 418 g/mol. The van der Waals surface area contributed by atoms with E-state index in [2.05, 4.69) is 61.5 Å². The van der Waals surface area contributed by atoms with Crippen molar-refractivity contribution in [2.75, 3.05) is 0 Å². The van der Waals surface area contributed by atoms with Gasteiger partial charge in [-0.15, -0.1) is 0 Å². The Morgan fingerprint density at radius 2 is 2.10 bits per heavy atom. The topological polar surface area (TPSA) is 43.6 Å². The van der Waals surface area contributed by atoms with Crippen molar-refractivity contribution in [3.05, 3.63) is 41.4 Å². The average Bonchev–Trinajstić information content (AvgIpc) is 2.84. The Labute approximate surface area is 142 Å². The van der Waals surface area contributed by atoms with E-state index in [9.17, 15) is 0 Å². The van der Waals surface area contributed by atoms with Gasteiger partial charge < -0.3 is 0 Å². The summed E-state index contributed by atoms with van der Waals surface area (Å²) < 4.78 is 2.09. The molecule has 21 heavy (non-hydrogen) atoms. The zero-order valence-electron chi connectivity index (χ0n) is 11.5. The van der Waals surface area contributed by atoms with Gasteiger partial charge in [-0.1, -0.05) is 19.9 Å². The minimum atomic E-state index is 0.265. The Morgan fingerprint density at radius 1 is 1.29 bits per heavy atom. The fourth-order valence-electron chi connectivity index (χ4n) is 2.38. The monoisotopic (exact) mass is 430 g/mol. The van der Waals surface area contributed by atoms with E-state index in [4.69, 9.17) is 11.6 Å². The quantitative estimate of drug-likeness (QED) is 0.331. The molecule has 1 aromatic carbocycles. The van der Waals surface area contributed by atoms with Gasteiger partial charge in [-0.25, -0.2) is 14.4 Å². The fourth-order valence-corrected chi connectivity index (χ4v) is 4.24. The molecule has 0 spiro atoms. The highest BCUT2D eigenvalue weighted by Gasteiger charge is 2.15. The molecule has 2 heterocycles. The molecule has 0 aliphatic heterocycles. The predicted molar refractivity (Wildman–Crippen MR) is 97.6 cm³/mol. The number of aromatic nitrogens is 4. The number of hydrogen-bond donors (Lipinski definition) is 0. The lowest BCUT2D eigenvalue weighted by Gasteiger charge is -2.08. The molecule has 0 aliphatic carbocycles. The number of benzene rings is 1. The Kier molecular flexibility index (Phi) is 4.43. The van der Waals surface area contributed by atoms with Crippen molar-refractivity contribution in [1.82, 2.24) is 19.5 Å². The molecule has 0 bridgehead atoms. The van der Waals surface area contributed by atoms with Crippen molar-refractivity contribution >= 4 is 50.9 Å². The second-order valence-corrected chi connectivity index (χ2v) is 7.36. The van der Waals surface area contributed by atoms with Gasteiger partial charge >= 0.3 is 0 Å². The number of rotatable bonds is 3. The van der Waals surface area contributed by atoms with Crippen LogP contribution in [0, 0.1) is 0 Å². The van der Waals surface area contributed by atoms with Gasteiger partial charge in [-0.05, 0) is 57.8 Å². The number of hydrogen-bond acceptors (Lipinski definition) is 3. The third-order valence-corrected chi connectivity index (χ3v) is 5.31. The molecule has 0 radical (unpaired) electrons. The molecule has 3 aromatic rings. The van der Waals surface area contributed by atoms with Crippen molar-refractivity contribution < 1.29 is 0 Å². The third-order valence-electron chi connectivity index (χ3n) is 3.26. The molecule has 1 unspecified atom stereocenters. The van der Waals surface area contributed by atoms with Crippen LogP contribution in [0.25, 0.3) is 22.2 Å². The van der Waals surface area contributed by atoms with Crippen LogP contribution in [-0.4, -0.2) is 19.5 Å². The van der Waals surface area contributed by atoms with Gasteiger partial charge in [0.2, 0.25) is 5.28 Å². The van der Waals surface area contributed by atoms with E-state index in [0.29, 0.717) is 12.3 Å². The number of halogens is 2. The fraction of sp³-hybridized carbons (Fsp3) is 0.214. The van der Waals surface area contributed by atoms with Gasteiger partial charge in [-0.2, -0.15) is 5.10 Å². The molecule has 0 N–H and O–H groups in total. The molecule has 0 saturated heterocycles. The molecule has 108 valence electrons. The molecule has 0 amide bonds. The van der Waals surface area contributed by atoms with Crippen LogP contribution in [-0.2, 0) is 0 Å². The molecule has 7 heteroatoms. The van der Waals surface area contributed by atoms with E-state index < -0.39 is 0 Å². The van der Waals surface area contributed by atoms with Crippen LogP contribution < -0.4 is 0 Å². The zero-order valence-corrected chi connectivity index (χ0v) is 15.4. The first-order chi connectivity index (χ1) is 10.1. The molecule has 0 aliphatic rings. The summed E-state index contributed by atoms with van der Waals surface area (Å²) in [6.07, 6.45) is 2.27. The summed E-state index contributed by atoms with van der Waals surface area (Å²) in [5.74, 6) is 0.418. The summed E-state index contributed by atoms with van der Waals surface area (Å²) in [6.45, 7) is 4.38. The van der Waals surface area contributed by atoms with Crippen LogP contribution in [0.1, 0.15) is 25.5 Å². The summed E-state index contributed by atoms with van der Waals surface area (Å²) in [6, 6.07) is 8.08. The lowest BCUT2D eigenvalue weighted by molar-refractivity contribution is 0.793. The predicted octanol–water partition coefficient (Wildman–Crippen LogP) is 5.06. The summed E-state index contributed by atoms with van der Waals surface area (Å²) in [5.41, 5.74) is 4.15. The normalized spacial score (nSPS) is 12.0. The molecule has 1 atom stereocenters. The first-order valence-corrected chi connectivity index (χ1v) is 10.9. The second kappa shape index (κ2) is 6.15. The van der Waals surface area contributed by atoms with Crippen LogP contribution in [0.15, 0.2) is 30.5 Å². The van der Waals surface area contributed by atoms with Gasteiger partial charge in [0.25, 0.3) is 0 Å². The summed E-state index contributed by atoms with van der Waals surface area (Å²) in [7, 11) is 0. The molecule has 0 fully saturated rings. The minimum Gasteiger partial charge on any atom is -0.241 e. The lowest BCUT2D eigenvalue weighted by atomic mass is 10.0. The Balaban J connectivity index is 2.21. The molecular formula is C14H13ClIN4P. The van der Waals surface area contributed by atoms with Gasteiger partial charge in [0.05, 0.1) is 23.3 Å². The first kappa shape index (κ1) is 15.1. The van der Waals surface area contributed by atoms with Crippen molar-refractivity contribution in [2.45, 2.75) is 19.8 Å². The zero-order chi connectivity index (χ0) is 15.0. The van der Waals surface area contributed by atoms with E-state index in [-0.39, 0.29) is 5.28 Å². The van der Waals surface area contributed by atoms with Crippen LogP contribution in [0.2, 0.25) is 5.28 Å². The maximum Gasteiger partial charge on any atom is 0.222 e. The lowest BCUT2D eigenvalue weighted by Crippen LogP contribution is -1.95. The van der Waals surface area contributed by atoms with Crippen molar-refractivity contribution in [3.63, 3.8) is 0 Å². The Morgan fingerprint density at radius 3 is 2.76 bits per heavy atom. The largest absolute Gasteiger partial charge is 0.241 e. The van der Waals surface area contributed by atoms with Gasteiger partial charge in [0, 0.05) is 17.1 Å². The number of nitrogens with zero attached hydrogens (tertiary/aromatic N) is 4. The van der Waals surface area contributed by atoms with Gasteiger partial charge in [0.15, 0.2) is 0 Å². The minimum absolute atomic E-state index is 0.265. The molecule has 2 aromatic heterocycles. The molecule has 3 rings (SSSR count). The standard InChI is InChI=1S/C14H13ClIN4P/c1-8(2)13-10-7-9(11-5-6-17-14(15)18-11)3-4-12(10)19-20(13)21-16/h3-8,21H,1-2H3. The van der Waals surface area contributed by atoms with E-state index in [1.165, 1.54) is 11.1 Å². The summed E-state index contributed by atoms with van der Waals surface area (Å²) in [5, 5.41) is 6.11. The average molecular weight is 431 g/mol. The van der Waals surface area contributed by atoms with Crippen LogP contribution in [0.4, 0.5) is 0 Å². The van der Waals surface area contributed by atoms with E-state index in [1.807, 2.05) is 18.2 Å². The van der Waals surface area contributed by atoms with Gasteiger partial charge in [0.1, 0.15) is 0 Å². The second-order valence-electron chi connectivity index (χ2n) is 4.98. The highest BCUT2D eigenvalue weighted by atomic mass is 127. The Bertz CT molecular complexity index is 803. The SMILES string of the molecule is CC(C)c1c2cc(-c3ccnc(Cl)n3)ccc2nn1PI. The smallest absolute Gasteiger partial charge is 0.222 e. The van der Waals surface area contributed by atoms with Crippen LogP contribution in [0.5, 0.6) is 0 Å². The summed E-state index contributed by atoms with van der Waals surface area (Å²) >= 11 is 8.24. The highest BCUT2D eigenvalue weighted by molar-refractivity contribution is 14.2. The molecule has 4 nitrogen and oxygen atoms in total. The van der Waals surface area contributed by atoms with Gasteiger partial charge in [-0.3, -0.25) is 0 Å².